The van der Waals surface area contributed by atoms with Crippen LogP contribution in [0.15, 0.2) is 54.6 Å². The zero-order valence-corrected chi connectivity index (χ0v) is 16.7. The van der Waals surface area contributed by atoms with E-state index in [1.165, 1.54) is 12.1 Å². The third kappa shape index (κ3) is 3.88. The van der Waals surface area contributed by atoms with Crippen molar-refractivity contribution in [2.24, 2.45) is 5.92 Å². The van der Waals surface area contributed by atoms with E-state index in [2.05, 4.69) is 5.32 Å². The zero-order valence-electron chi connectivity index (χ0n) is 16.7. The molecule has 2 N–H and O–H groups in total. The highest BCUT2D eigenvalue weighted by Gasteiger charge is 2.61. The normalized spacial score (nSPS) is 20.0. The molecule has 0 bridgehead atoms. The van der Waals surface area contributed by atoms with Crippen molar-refractivity contribution < 1.29 is 19.5 Å². The van der Waals surface area contributed by atoms with Gasteiger partial charge in [-0.1, -0.05) is 42.5 Å². The van der Waals surface area contributed by atoms with E-state index in [-0.39, 0.29) is 23.0 Å². The molecule has 0 aliphatic heterocycles. The summed E-state index contributed by atoms with van der Waals surface area (Å²) >= 11 is 0. The van der Waals surface area contributed by atoms with E-state index in [0.29, 0.717) is 26.1 Å². The summed E-state index contributed by atoms with van der Waals surface area (Å²) in [7, 11) is 0. The maximum Gasteiger partial charge on any atom is 0.336 e. The molecule has 2 atom stereocenters. The summed E-state index contributed by atoms with van der Waals surface area (Å²) in [4.78, 5) is 39.1. The SMILES string of the molecule is CCN(CC)C(=O)C1(c2ccccc2)CC1CNC(=O)c1ccccc1C(=O)O. The lowest BCUT2D eigenvalue weighted by Crippen LogP contribution is -2.41. The Balaban J connectivity index is 1.79. The van der Waals surface area contributed by atoms with Crippen molar-refractivity contribution in [1.82, 2.24) is 10.2 Å². The van der Waals surface area contributed by atoms with E-state index in [1.807, 2.05) is 49.1 Å². The molecule has 1 fully saturated rings. The highest BCUT2D eigenvalue weighted by atomic mass is 16.4. The maximum atomic E-state index is 13.3. The van der Waals surface area contributed by atoms with Crippen LogP contribution in [0.5, 0.6) is 0 Å². The number of nitrogens with zero attached hydrogens (tertiary/aromatic N) is 1. The predicted octanol–water partition coefficient (Wildman–Crippen LogP) is 2.94. The van der Waals surface area contributed by atoms with Crippen molar-refractivity contribution >= 4 is 17.8 Å². The highest BCUT2D eigenvalue weighted by molar-refractivity contribution is 6.04. The molecule has 0 aromatic heterocycles. The number of benzene rings is 2. The number of likely N-dealkylation sites (N-methyl/N-ethyl adjacent to an activating group) is 1. The minimum atomic E-state index is -1.14. The Bertz CT molecular complexity index is 908. The molecule has 2 amide bonds. The Labute approximate surface area is 170 Å². The molecule has 0 radical (unpaired) electrons. The Kier molecular flexibility index (Phi) is 6.01. The molecular formula is C23H26N2O4. The van der Waals surface area contributed by atoms with E-state index in [4.69, 9.17) is 0 Å². The number of amides is 2. The van der Waals surface area contributed by atoms with Gasteiger partial charge < -0.3 is 15.3 Å². The minimum absolute atomic E-state index is 0.0288. The third-order valence-electron chi connectivity index (χ3n) is 5.74. The first-order chi connectivity index (χ1) is 14.0. The molecule has 1 aliphatic carbocycles. The van der Waals surface area contributed by atoms with Crippen molar-refractivity contribution in [1.29, 1.82) is 0 Å². The van der Waals surface area contributed by atoms with E-state index in [1.54, 1.807) is 12.1 Å². The second kappa shape index (κ2) is 8.47. The molecule has 2 aromatic rings. The van der Waals surface area contributed by atoms with Crippen LogP contribution in [0, 0.1) is 5.92 Å². The number of aromatic carboxylic acids is 1. The van der Waals surface area contributed by atoms with Crippen LogP contribution in [0.25, 0.3) is 0 Å². The smallest absolute Gasteiger partial charge is 0.336 e. The summed E-state index contributed by atoms with van der Waals surface area (Å²) in [5, 5.41) is 12.1. The average Bonchev–Trinajstić information content (AvgIpc) is 3.49. The summed E-state index contributed by atoms with van der Waals surface area (Å²) in [5.74, 6) is -1.53. The van der Waals surface area contributed by atoms with Gasteiger partial charge in [0.25, 0.3) is 5.91 Å². The van der Waals surface area contributed by atoms with Crippen LogP contribution in [0.4, 0.5) is 0 Å². The summed E-state index contributed by atoms with van der Waals surface area (Å²) < 4.78 is 0. The number of carboxylic acid groups (broad SMARTS) is 1. The minimum Gasteiger partial charge on any atom is -0.478 e. The summed E-state index contributed by atoms with van der Waals surface area (Å²) in [6.07, 6.45) is 0.660. The molecule has 0 spiro atoms. The number of carboxylic acids is 1. The Hall–Kier alpha value is -3.15. The first-order valence-electron chi connectivity index (χ1n) is 9.91. The molecule has 0 heterocycles. The Morgan fingerprint density at radius 3 is 2.17 bits per heavy atom. The number of hydrogen-bond acceptors (Lipinski definition) is 3. The van der Waals surface area contributed by atoms with Crippen LogP contribution in [-0.4, -0.2) is 47.4 Å². The largest absolute Gasteiger partial charge is 0.478 e. The fourth-order valence-electron chi connectivity index (χ4n) is 4.02. The molecule has 29 heavy (non-hydrogen) atoms. The fraction of sp³-hybridized carbons (Fsp3) is 0.348. The molecular weight excluding hydrogens is 368 g/mol. The van der Waals surface area contributed by atoms with Crippen molar-refractivity contribution in [3.8, 4) is 0 Å². The van der Waals surface area contributed by atoms with Crippen molar-refractivity contribution in [2.45, 2.75) is 25.7 Å². The van der Waals surface area contributed by atoms with Gasteiger partial charge in [-0.2, -0.15) is 0 Å². The van der Waals surface area contributed by atoms with Gasteiger partial charge in [-0.05, 0) is 43.9 Å². The van der Waals surface area contributed by atoms with Gasteiger partial charge in [0.2, 0.25) is 5.91 Å². The first-order valence-corrected chi connectivity index (χ1v) is 9.91. The van der Waals surface area contributed by atoms with E-state index < -0.39 is 17.3 Å². The highest BCUT2D eigenvalue weighted by Crippen LogP contribution is 2.55. The monoisotopic (exact) mass is 394 g/mol. The quantitative estimate of drug-likeness (QED) is 0.721. The van der Waals surface area contributed by atoms with Crippen LogP contribution in [-0.2, 0) is 10.2 Å². The molecule has 152 valence electrons. The lowest BCUT2D eigenvalue weighted by molar-refractivity contribution is -0.134. The van der Waals surface area contributed by atoms with E-state index in [0.717, 1.165) is 5.56 Å². The van der Waals surface area contributed by atoms with Crippen LogP contribution in [0.1, 0.15) is 46.5 Å². The number of carbonyl (C=O) groups excluding carboxylic acids is 2. The Morgan fingerprint density at radius 1 is 1.00 bits per heavy atom. The van der Waals surface area contributed by atoms with Gasteiger partial charge in [0.05, 0.1) is 16.5 Å². The number of hydrogen-bond donors (Lipinski definition) is 2. The second-order valence-corrected chi connectivity index (χ2v) is 7.28. The average molecular weight is 394 g/mol. The lowest BCUT2D eigenvalue weighted by atomic mass is 9.91. The van der Waals surface area contributed by atoms with Gasteiger partial charge in [-0.3, -0.25) is 9.59 Å². The van der Waals surface area contributed by atoms with E-state index in [9.17, 15) is 19.5 Å². The third-order valence-corrected chi connectivity index (χ3v) is 5.74. The number of nitrogens with one attached hydrogen (secondary N) is 1. The van der Waals surface area contributed by atoms with Crippen molar-refractivity contribution in [3.05, 3.63) is 71.3 Å². The first kappa shape index (κ1) is 20.6. The molecule has 2 unspecified atom stereocenters. The standard InChI is InChI=1S/C23H26N2O4/c1-3-25(4-2)22(29)23(16-10-6-5-7-11-16)14-17(23)15-24-20(26)18-12-8-9-13-19(18)21(27)28/h5-13,17H,3-4,14-15H2,1-2H3,(H,24,26)(H,27,28). The van der Waals surface area contributed by atoms with Gasteiger partial charge in [0.1, 0.15) is 0 Å². The molecule has 2 aromatic carbocycles. The predicted molar refractivity (Wildman–Crippen MR) is 110 cm³/mol. The zero-order chi connectivity index (χ0) is 21.0. The van der Waals surface area contributed by atoms with Crippen LogP contribution in [0.3, 0.4) is 0 Å². The molecule has 1 aliphatic rings. The van der Waals surface area contributed by atoms with Gasteiger partial charge in [-0.25, -0.2) is 4.79 Å². The van der Waals surface area contributed by atoms with Gasteiger partial charge in [0, 0.05) is 19.6 Å². The van der Waals surface area contributed by atoms with E-state index >= 15 is 0 Å². The van der Waals surface area contributed by atoms with Gasteiger partial charge >= 0.3 is 5.97 Å². The molecule has 3 rings (SSSR count). The van der Waals surface area contributed by atoms with Gasteiger partial charge in [0.15, 0.2) is 0 Å². The molecule has 0 saturated heterocycles. The lowest BCUT2D eigenvalue weighted by Gasteiger charge is -2.26. The molecule has 6 nitrogen and oxygen atoms in total. The topological polar surface area (TPSA) is 86.7 Å². The molecule has 6 heteroatoms. The van der Waals surface area contributed by atoms with Crippen molar-refractivity contribution in [2.75, 3.05) is 19.6 Å². The maximum absolute atomic E-state index is 13.3. The Morgan fingerprint density at radius 2 is 1.59 bits per heavy atom. The summed E-state index contributed by atoms with van der Waals surface area (Å²) in [5.41, 5.74) is 0.421. The van der Waals surface area contributed by atoms with Crippen molar-refractivity contribution in [3.63, 3.8) is 0 Å². The van der Waals surface area contributed by atoms with Crippen LogP contribution < -0.4 is 5.32 Å². The summed E-state index contributed by atoms with van der Waals surface area (Å²) in [6, 6.07) is 15.8. The number of rotatable bonds is 8. The van der Waals surface area contributed by atoms with Gasteiger partial charge in [-0.15, -0.1) is 0 Å². The summed E-state index contributed by atoms with van der Waals surface area (Å²) in [6.45, 7) is 5.50. The second-order valence-electron chi connectivity index (χ2n) is 7.28. The van der Waals surface area contributed by atoms with Crippen LogP contribution in [0.2, 0.25) is 0 Å². The number of carbonyl (C=O) groups is 3. The fourth-order valence-corrected chi connectivity index (χ4v) is 4.02. The van der Waals surface area contributed by atoms with Crippen LogP contribution >= 0.6 is 0 Å². The molecule has 1 saturated carbocycles.